The van der Waals surface area contributed by atoms with Crippen molar-refractivity contribution in [3.63, 3.8) is 0 Å². The Morgan fingerprint density at radius 2 is 1.96 bits per heavy atom. The summed E-state index contributed by atoms with van der Waals surface area (Å²) in [4.78, 5) is 2.26. The molecule has 1 N–H and O–H groups in total. The summed E-state index contributed by atoms with van der Waals surface area (Å²) in [6.45, 7) is 4.36. The lowest BCUT2D eigenvalue weighted by molar-refractivity contribution is 0.204. The summed E-state index contributed by atoms with van der Waals surface area (Å²) >= 11 is 6.46. The second-order valence-corrected chi connectivity index (χ2v) is 7.48. The second kappa shape index (κ2) is 7.53. The molecule has 0 bridgehead atoms. The lowest BCUT2D eigenvalue weighted by atomic mass is 9.54. The quantitative estimate of drug-likeness (QED) is 0.807. The van der Waals surface area contributed by atoms with Crippen LogP contribution in [0.5, 0.6) is 0 Å². The topological polar surface area (TPSA) is 98.5 Å². The van der Waals surface area contributed by atoms with Crippen LogP contribution in [0.1, 0.15) is 24.8 Å². The Morgan fingerprint density at radius 1 is 1.26 bits per heavy atom. The van der Waals surface area contributed by atoms with Crippen molar-refractivity contribution >= 4 is 17.3 Å². The highest BCUT2D eigenvalue weighted by atomic mass is 35.5. The molecule has 5 nitrogen and oxygen atoms in total. The number of nitrogens with one attached hydrogen (secondary N) is 1. The molecule has 136 valence electrons. The zero-order chi connectivity index (χ0) is 19.6. The van der Waals surface area contributed by atoms with Crippen molar-refractivity contribution in [1.82, 2.24) is 4.90 Å². The molecule has 0 spiro atoms. The van der Waals surface area contributed by atoms with Crippen LogP contribution in [0.2, 0.25) is 5.02 Å². The Bertz CT molecular complexity index is 900. The van der Waals surface area contributed by atoms with Gasteiger partial charge in [-0.15, -0.1) is 0 Å². The fourth-order valence-corrected chi connectivity index (χ4v) is 4.69. The van der Waals surface area contributed by atoms with Gasteiger partial charge in [-0.25, -0.2) is 0 Å². The van der Waals surface area contributed by atoms with Crippen LogP contribution in [0.25, 0.3) is 0 Å². The number of rotatable bonds is 3. The highest BCUT2D eigenvalue weighted by molar-refractivity contribution is 6.31. The number of nitrogens with zero attached hydrogens (tertiary/aromatic N) is 4. The molecule has 27 heavy (non-hydrogen) atoms. The van der Waals surface area contributed by atoms with E-state index in [-0.39, 0.29) is 11.6 Å². The molecule has 1 aromatic rings. The van der Waals surface area contributed by atoms with Gasteiger partial charge in [-0.05, 0) is 30.2 Å². The van der Waals surface area contributed by atoms with Crippen molar-refractivity contribution in [2.24, 2.45) is 17.3 Å². The standard InChI is InChI=1S/C21H20ClN5/c1-2-8-27-9-7-14-16(10-23)20(26)21(12-24,13-25)19(17(14)11-27)15-5-3-4-6-18(15)22/h3-7,16-17,19,26H,2,8-9,11H2,1H3. The first kappa shape index (κ1) is 19.1. The second-order valence-electron chi connectivity index (χ2n) is 7.08. The van der Waals surface area contributed by atoms with Crippen LogP contribution < -0.4 is 0 Å². The van der Waals surface area contributed by atoms with Gasteiger partial charge in [0.25, 0.3) is 0 Å². The summed E-state index contributed by atoms with van der Waals surface area (Å²) in [5, 5.41) is 38.8. The van der Waals surface area contributed by atoms with Crippen molar-refractivity contribution < 1.29 is 0 Å². The largest absolute Gasteiger partial charge is 0.305 e. The van der Waals surface area contributed by atoms with Gasteiger partial charge in [-0.2, -0.15) is 15.8 Å². The number of fused-ring (bicyclic) bond motifs is 1. The number of nitriles is 3. The Hall–Kier alpha value is -2.65. The van der Waals surface area contributed by atoms with E-state index in [2.05, 4.69) is 30.0 Å². The fraction of sp³-hybridized carbons (Fsp3) is 0.429. The average Bonchev–Trinajstić information content (AvgIpc) is 2.68. The van der Waals surface area contributed by atoms with Gasteiger partial charge in [0.2, 0.25) is 0 Å². The van der Waals surface area contributed by atoms with Crippen LogP contribution in [0, 0.1) is 56.7 Å². The molecule has 1 fully saturated rings. The van der Waals surface area contributed by atoms with Gasteiger partial charge in [0.05, 0.1) is 23.9 Å². The lowest BCUT2D eigenvalue weighted by Crippen LogP contribution is -2.53. The molecule has 1 aliphatic heterocycles. The van der Waals surface area contributed by atoms with Gasteiger partial charge in [0.15, 0.2) is 5.41 Å². The number of hydrogen-bond acceptors (Lipinski definition) is 5. The third-order valence-corrected chi connectivity index (χ3v) is 5.99. The van der Waals surface area contributed by atoms with E-state index in [4.69, 9.17) is 17.0 Å². The van der Waals surface area contributed by atoms with Crippen molar-refractivity contribution in [3.05, 3.63) is 46.5 Å². The van der Waals surface area contributed by atoms with Gasteiger partial charge >= 0.3 is 0 Å². The molecule has 1 heterocycles. The van der Waals surface area contributed by atoms with Crippen LogP contribution in [-0.4, -0.2) is 30.2 Å². The molecule has 1 saturated carbocycles. The van der Waals surface area contributed by atoms with E-state index in [1.807, 2.05) is 18.2 Å². The molecule has 1 aromatic carbocycles. The summed E-state index contributed by atoms with van der Waals surface area (Å²) in [5.41, 5.74) is -0.298. The van der Waals surface area contributed by atoms with Crippen LogP contribution in [0.4, 0.5) is 0 Å². The normalized spacial score (nSPS) is 26.9. The zero-order valence-corrected chi connectivity index (χ0v) is 15.9. The number of benzene rings is 1. The monoisotopic (exact) mass is 377 g/mol. The van der Waals surface area contributed by atoms with Crippen LogP contribution in [-0.2, 0) is 0 Å². The van der Waals surface area contributed by atoms with E-state index in [0.29, 0.717) is 23.7 Å². The molecular weight excluding hydrogens is 358 g/mol. The molecule has 6 heteroatoms. The summed E-state index contributed by atoms with van der Waals surface area (Å²) in [7, 11) is 0. The molecule has 3 unspecified atom stereocenters. The van der Waals surface area contributed by atoms with Crippen molar-refractivity contribution in [2.75, 3.05) is 19.6 Å². The predicted octanol–water partition coefficient (Wildman–Crippen LogP) is 3.90. The SMILES string of the molecule is CCCN1CC=C2C(C#N)C(=N)C(C#N)(C#N)C(c3ccccc3Cl)C2C1. The van der Waals surface area contributed by atoms with E-state index in [1.165, 1.54) is 0 Å². The minimum Gasteiger partial charge on any atom is -0.305 e. The third-order valence-electron chi connectivity index (χ3n) is 5.65. The average molecular weight is 378 g/mol. The Morgan fingerprint density at radius 3 is 2.56 bits per heavy atom. The first-order valence-corrected chi connectivity index (χ1v) is 9.39. The molecule has 3 atom stereocenters. The Balaban J connectivity index is 2.24. The molecule has 0 amide bonds. The van der Waals surface area contributed by atoms with Gasteiger partial charge in [-0.1, -0.05) is 42.8 Å². The highest BCUT2D eigenvalue weighted by Crippen LogP contribution is 2.54. The summed E-state index contributed by atoms with van der Waals surface area (Å²) < 4.78 is 0. The third kappa shape index (κ3) is 2.92. The van der Waals surface area contributed by atoms with E-state index in [0.717, 1.165) is 18.5 Å². The maximum Gasteiger partial charge on any atom is 0.189 e. The van der Waals surface area contributed by atoms with Gasteiger partial charge < -0.3 is 5.41 Å². The van der Waals surface area contributed by atoms with Crippen LogP contribution in [0.15, 0.2) is 35.9 Å². The maximum absolute atomic E-state index is 10.0. The number of halogens is 1. The first-order valence-electron chi connectivity index (χ1n) is 9.01. The molecule has 3 rings (SSSR count). The van der Waals surface area contributed by atoms with E-state index in [1.54, 1.807) is 12.1 Å². The molecule has 0 saturated heterocycles. The van der Waals surface area contributed by atoms with Gasteiger partial charge in [-0.3, -0.25) is 4.90 Å². The Labute approximate surface area is 164 Å². The van der Waals surface area contributed by atoms with Crippen molar-refractivity contribution in [3.8, 4) is 18.2 Å². The lowest BCUT2D eigenvalue weighted by Gasteiger charge is -2.48. The van der Waals surface area contributed by atoms with E-state index in [9.17, 15) is 15.8 Å². The number of hydrogen-bond donors (Lipinski definition) is 1. The fourth-order valence-electron chi connectivity index (χ4n) is 4.44. The summed E-state index contributed by atoms with van der Waals surface area (Å²) in [6, 6.07) is 13.6. The highest BCUT2D eigenvalue weighted by Gasteiger charge is 2.58. The molecule has 2 aliphatic rings. The molecule has 0 aromatic heterocycles. The van der Waals surface area contributed by atoms with Gasteiger partial charge in [0.1, 0.15) is 5.92 Å². The van der Waals surface area contributed by atoms with Crippen molar-refractivity contribution in [2.45, 2.75) is 19.3 Å². The minimum atomic E-state index is -1.71. The van der Waals surface area contributed by atoms with Gasteiger partial charge in [0, 0.05) is 29.9 Å². The minimum absolute atomic E-state index is 0.133. The van der Waals surface area contributed by atoms with E-state index >= 15 is 0 Å². The first-order chi connectivity index (χ1) is 13.0. The van der Waals surface area contributed by atoms with Crippen LogP contribution >= 0.6 is 11.6 Å². The van der Waals surface area contributed by atoms with Crippen molar-refractivity contribution in [1.29, 1.82) is 21.2 Å². The predicted molar refractivity (Wildman–Crippen MR) is 103 cm³/mol. The molecule has 0 radical (unpaired) electrons. The zero-order valence-electron chi connectivity index (χ0n) is 15.1. The Kier molecular flexibility index (Phi) is 5.33. The van der Waals surface area contributed by atoms with E-state index < -0.39 is 17.3 Å². The maximum atomic E-state index is 10.0. The summed E-state index contributed by atoms with van der Waals surface area (Å²) in [6.07, 6.45) is 3.00. The smallest absolute Gasteiger partial charge is 0.189 e. The summed E-state index contributed by atoms with van der Waals surface area (Å²) in [5.74, 6) is -1.62. The molecular formula is C21H20ClN5. The molecule has 1 aliphatic carbocycles. The van der Waals surface area contributed by atoms with Crippen LogP contribution in [0.3, 0.4) is 0 Å².